The summed E-state index contributed by atoms with van der Waals surface area (Å²) in [7, 11) is 0. The third-order valence-corrected chi connectivity index (χ3v) is 5.41. The lowest BCUT2D eigenvalue weighted by Crippen LogP contribution is -2.14. The Morgan fingerprint density at radius 2 is 2.18 bits per heavy atom. The maximum atomic E-state index is 11.9. The first-order chi connectivity index (χ1) is 10.6. The molecule has 0 bridgehead atoms. The van der Waals surface area contributed by atoms with Crippen molar-refractivity contribution in [1.82, 2.24) is 9.97 Å². The highest BCUT2D eigenvalue weighted by Crippen LogP contribution is 2.31. The Kier molecular flexibility index (Phi) is 4.83. The highest BCUT2D eigenvalue weighted by atomic mass is 35.5. The van der Waals surface area contributed by atoms with Crippen molar-refractivity contribution in [3.63, 3.8) is 0 Å². The molecule has 0 saturated carbocycles. The van der Waals surface area contributed by atoms with Crippen LogP contribution in [0.3, 0.4) is 0 Å². The minimum Gasteiger partial charge on any atom is -0.323 e. The van der Waals surface area contributed by atoms with Gasteiger partial charge in [0.25, 0.3) is 0 Å². The second kappa shape index (κ2) is 6.83. The maximum absolute atomic E-state index is 11.9. The number of hydrogen-bond acceptors (Lipinski definition) is 5. The first-order valence-electron chi connectivity index (χ1n) is 6.21. The Hall–Kier alpha value is -1.34. The molecule has 0 aliphatic carbocycles. The molecule has 3 rings (SSSR count). The molecule has 1 N–H and O–H groups in total. The van der Waals surface area contributed by atoms with Crippen molar-refractivity contribution in [2.45, 2.75) is 4.34 Å². The summed E-state index contributed by atoms with van der Waals surface area (Å²) in [6.45, 7) is 0. The number of fused-ring (bicyclic) bond motifs is 1. The van der Waals surface area contributed by atoms with Crippen molar-refractivity contribution >= 4 is 68.1 Å². The number of aromatic nitrogens is 2. The van der Waals surface area contributed by atoms with Crippen LogP contribution < -0.4 is 5.32 Å². The Morgan fingerprint density at radius 3 is 3.00 bits per heavy atom. The predicted molar refractivity (Wildman–Crippen MR) is 93.2 cm³/mol. The van der Waals surface area contributed by atoms with Gasteiger partial charge in [0.15, 0.2) is 9.49 Å². The average molecular weight is 370 g/mol. The molecule has 112 valence electrons. The number of thiazole rings is 1. The SMILES string of the molecule is O=C(CSc1nc2cc(Cl)ccc2s1)Nc1cccnc1Cl. The summed E-state index contributed by atoms with van der Waals surface area (Å²) in [4.78, 5) is 20.3. The van der Waals surface area contributed by atoms with Gasteiger partial charge in [-0.3, -0.25) is 4.79 Å². The molecule has 2 aromatic heterocycles. The van der Waals surface area contributed by atoms with Crippen LogP contribution in [0.2, 0.25) is 10.2 Å². The number of anilines is 1. The minimum absolute atomic E-state index is 0.155. The number of amides is 1. The first kappa shape index (κ1) is 15.6. The summed E-state index contributed by atoms with van der Waals surface area (Å²) in [5.41, 5.74) is 1.35. The number of carbonyl (C=O) groups is 1. The summed E-state index contributed by atoms with van der Waals surface area (Å²) in [6, 6.07) is 8.99. The largest absolute Gasteiger partial charge is 0.323 e. The van der Waals surface area contributed by atoms with Gasteiger partial charge >= 0.3 is 0 Å². The van der Waals surface area contributed by atoms with E-state index >= 15 is 0 Å². The predicted octanol–water partition coefficient (Wildman–Crippen LogP) is 4.73. The van der Waals surface area contributed by atoms with E-state index in [1.165, 1.54) is 23.1 Å². The van der Waals surface area contributed by atoms with E-state index in [0.717, 1.165) is 14.6 Å². The van der Waals surface area contributed by atoms with Crippen molar-refractivity contribution in [1.29, 1.82) is 0 Å². The topological polar surface area (TPSA) is 54.9 Å². The van der Waals surface area contributed by atoms with Crippen molar-refractivity contribution in [2.24, 2.45) is 0 Å². The molecule has 2 heterocycles. The number of nitrogens with zero attached hydrogens (tertiary/aromatic N) is 2. The molecule has 0 saturated heterocycles. The lowest BCUT2D eigenvalue weighted by molar-refractivity contribution is -0.113. The molecule has 0 aliphatic heterocycles. The molecule has 0 radical (unpaired) electrons. The molecule has 0 spiro atoms. The van der Waals surface area contributed by atoms with Crippen LogP contribution in [0.15, 0.2) is 40.9 Å². The second-order valence-electron chi connectivity index (χ2n) is 4.27. The van der Waals surface area contributed by atoms with Crippen molar-refractivity contribution in [3.05, 3.63) is 46.7 Å². The highest BCUT2D eigenvalue weighted by molar-refractivity contribution is 8.01. The van der Waals surface area contributed by atoms with E-state index in [4.69, 9.17) is 23.2 Å². The van der Waals surface area contributed by atoms with Crippen LogP contribution in [0, 0.1) is 0 Å². The molecule has 3 aromatic rings. The van der Waals surface area contributed by atoms with Crippen LogP contribution >= 0.6 is 46.3 Å². The smallest absolute Gasteiger partial charge is 0.234 e. The lowest BCUT2D eigenvalue weighted by atomic mass is 10.3. The minimum atomic E-state index is -0.155. The van der Waals surface area contributed by atoms with Gasteiger partial charge in [-0.05, 0) is 30.3 Å². The molecule has 0 fully saturated rings. The zero-order valence-corrected chi connectivity index (χ0v) is 14.2. The van der Waals surface area contributed by atoms with E-state index in [0.29, 0.717) is 10.7 Å². The van der Waals surface area contributed by atoms with Gasteiger partial charge in [-0.1, -0.05) is 35.0 Å². The average Bonchev–Trinajstić information content (AvgIpc) is 2.89. The lowest BCUT2D eigenvalue weighted by Gasteiger charge is -2.04. The van der Waals surface area contributed by atoms with Crippen LogP contribution in [0.4, 0.5) is 5.69 Å². The van der Waals surface area contributed by atoms with Crippen LogP contribution in [-0.2, 0) is 4.79 Å². The van der Waals surface area contributed by atoms with Gasteiger partial charge in [-0.15, -0.1) is 11.3 Å². The fraction of sp³-hybridized carbons (Fsp3) is 0.0714. The van der Waals surface area contributed by atoms with Gasteiger partial charge in [-0.25, -0.2) is 9.97 Å². The third-order valence-electron chi connectivity index (χ3n) is 2.69. The van der Waals surface area contributed by atoms with E-state index in [2.05, 4.69) is 15.3 Å². The van der Waals surface area contributed by atoms with E-state index in [9.17, 15) is 4.79 Å². The van der Waals surface area contributed by atoms with E-state index in [1.807, 2.05) is 18.2 Å². The van der Waals surface area contributed by atoms with Crippen molar-refractivity contribution in [3.8, 4) is 0 Å². The summed E-state index contributed by atoms with van der Waals surface area (Å²) in [5, 5.41) is 3.65. The van der Waals surface area contributed by atoms with E-state index in [-0.39, 0.29) is 16.8 Å². The van der Waals surface area contributed by atoms with Gasteiger partial charge < -0.3 is 5.32 Å². The van der Waals surface area contributed by atoms with Gasteiger partial charge in [0.05, 0.1) is 21.7 Å². The van der Waals surface area contributed by atoms with Crippen molar-refractivity contribution < 1.29 is 4.79 Å². The molecule has 1 aromatic carbocycles. The molecule has 0 aliphatic rings. The monoisotopic (exact) mass is 369 g/mol. The van der Waals surface area contributed by atoms with Crippen molar-refractivity contribution in [2.75, 3.05) is 11.1 Å². The number of hydrogen-bond donors (Lipinski definition) is 1. The Morgan fingerprint density at radius 1 is 1.32 bits per heavy atom. The van der Waals surface area contributed by atoms with Gasteiger partial charge in [0, 0.05) is 11.2 Å². The fourth-order valence-corrected chi connectivity index (χ4v) is 3.92. The molecular formula is C14H9Cl2N3OS2. The second-order valence-corrected chi connectivity index (χ2v) is 7.32. The molecule has 22 heavy (non-hydrogen) atoms. The molecule has 4 nitrogen and oxygen atoms in total. The molecule has 8 heteroatoms. The quantitative estimate of drug-likeness (QED) is 0.533. The molecule has 0 unspecified atom stereocenters. The Labute approximate surface area is 144 Å². The Bertz CT molecular complexity index is 838. The standard InChI is InChI=1S/C14H9Cl2N3OS2/c15-8-3-4-11-10(6-8)19-14(22-11)21-7-12(20)18-9-2-1-5-17-13(9)16/h1-6H,7H2,(H,18,20). The number of thioether (sulfide) groups is 1. The number of carbonyl (C=O) groups excluding carboxylic acids is 1. The summed E-state index contributed by atoms with van der Waals surface area (Å²) in [5.74, 6) is 0.0934. The summed E-state index contributed by atoms with van der Waals surface area (Å²) < 4.78 is 1.87. The van der Waals surface area contributed by atoms with E-state index < -0.39 is 0 Å². The molecule has 0 atom stereocenters. The molecular weight excluding hydrogens is 361 g/mol. The highest BCUT2D eigenvalue weighted by Gasteiger charge is 2.10. The first-order valence-corrected chi connectivity index (χ1v) is 8.77. The van der Waals surface area contributed by atoms with Gasteiger partial charge in [0.1, 0.15) is 0 Å². The Balaban J connectivity index is 1.63. The van der Waals surface area contributed by atoms with Crippen LogP contribution in [0.25, 0.3) is 10.2 Å². The number of halogens is 2. The number of benzene rings is 1. The van der Waals surface area contributed by atoms with Crippen LogP contribution in [-0.4, -0.2) is 21.6 Å². The van der Waals surface area contributed by atoms with Gasteiger partial charge in [-0.2, -0.15) is 0 Å². The molecule has 1 amide bonds. The zero-order chi connectivity index (χ0) is 15.5. The van der Waals surface area contributed by atoms with Crippen LogP contribution in [0.1, 0.15) is 0 Å². The summed E-state index contributed by atoms with van der Waals surface area (Å²) >= 11 is 14.7. The number of nitrogens with one attached hydrogen (secondary N) is 1. The maximum Gasteiger partial charge on any atom is 0.234 e. The number of pyridine rings is 1. The number of rotatable bonds is 4. The van der Waals surface area contributed by atoms with Crippen LogP contribution in [0.5, 0.6) is 0 Å². The summed E-state index contributed by atoms with van der Waals surface area (Å²) in [6.07, 6.45) is 1.57. The third kappa shape index (κ3) is 3.70. The normalized spacial score (nSPS) is 10.8. The van der Waals surface area contributed by atoms with Gasteiger partial charge in [0.2, 0.25) is 5.91 Å². The fourth-order valence-electron chi connectivity index (χ4n) is 1.73. The van der Waals surface area contributed by atoms with E-state index in [1.54, 1.807) is 18.3 Å². The zero-order valence-electron chi connectivity index (χ0n) is 11.0.